The average molecular weight is 272 g/mol. The molecule has 0 rings (SSSR count). The highest BCUT2D eigenvalue weighted by molar-refractivity contribution is 7.80. The first kappa shape index (κ1) is 17.0. The average Bonchev–Trinajstić information content (AvgIpc) is 2.39. The highest BCUT2D eigenvalue weighted by Gasteiger charge is 1.82. The van der Waals surface area contributed by atoms with Crippen molar-refractivity contribution < 1.29 is 0 Å². The van der Waals surface area contributed by atoms with Gasteiger partial charge in [0.15, 0.2) is 0 Å². The molecular formula is C16H20N2S. The SMILES string of the molecule is CC(=S)C=CC=C(C=N)C=CC=CC=CC(C)=CN. The van der Waals surface area contributed by atoms with Gasteiger partial charge >= 0.3 is 0 Å². The van der Waals surface area contributed by atoms with E-state index in [2.05, 4.69) is 0 Å². The number of hydrogen-bond donors (Lipinski definition) is 2. The summed E-state index contributed by atoms with van der Waals surface area (Å²) in [7, 11) is 0. The summed E-state index contributed by atoms with van der Waals surface area (Å²) in [5, 5.41) is 7.27. The number of nitrogens with two attached hydrogens (primary N) is 1. The van der Waals surface area contributed by atoms with Crippen LogP contribution in [0, 0.1) is 5.41 Å². The molecule has 19 heavy (non-hydrogen) atoms. The largest absolute Gasteiger partial charge is 0.404 e. The van der Waals surface area contributed by atoms with E-state index in [1.165, 1.54) is 6.21 Å². The Morgan fingerprint density at radius 3 is 2.11 bits per heavy atom. The molecule has 0 aromatic rings. The molecule has 0 saturated carbocycles. The van der Waals surface area contributed by atoms with E-state index in [-0.39, 0.29) is 0 Å². The van der Waals surface area contributed by atoms with Gasteiger partial charge in [0.05, 0.1) is 0 Å². The third-order valence-electron chi connectivity index (χ3n) is 2.03. The van der Waals surface area contributed by atoms with Crippen LogP contribution in [0.1, 0.15) is 13.8 Å². The van der Waals surface area contributed by atoms with Crippen LogP contribution in [0.25, 0.3) is 0 Å². The minimum atomic E-state index is 0.805. The number of nitrogens with one attached hydrogen (secondary N) is 1. The summed E-state index contributed by atoms with van der Waals surface area (Å²) < 4.78 is 0. The van der Waals surface area contributed by atoms with Crippen LogP contribution in [0.15, 0.2) is 72.0 Å². The van der Waals surface area contributed by atoms with E-state index in [9.17, 15) is 0 Å². The van der Waals surface area contributed by atoms with Gasteiger partial charge in [-0.1, -0.05) is 60.8 Å². The molecule has 100 valence electrons. The van der Waals surface area contributed by atoms with Crippen molar-refractivity contribution in [3.05, 3.63) is 72.0 Å². The molecule has 0 saturated heterocycles. The molecule has 0 bridgehead atoms. The van der Waals surface area contributed by atoms with Crippen LogP contribution >= 0.6 is 12.2 Å². The molecule has 0 aromatic heterocycles. The predicted octanol–water partition coefficient (Wildman–Crippen LogP) is 4.04. The van der Waals surface area contributed by atoms with Crippen LogP contribution < -0.4 is 5.73 Å². The van der Waals surface area contributed by atoms with Gasteiger partial charge in [-0.25, -0.2) is 0 Å². The monoisotopic (exact) mass is 272 g/mol. The van der Waals surface area contributed by atoms with Crippen molar-refractivity contribution >= 4 is 23.3 Å². The highest BCUT2D eigenvalue weighted by Crippen LogP contribution is 1.96. The Morgan fingerprint density at radius 1 is 0.947 bits per heavy atom. The maximum Gasteiger partial charge on any atom is 0.0250 e. The summed E-state index contributed by atoms with van der Waals surface area (Å²) in [5.74, 6) is 0. The van der Waals surface area contributed by atoms with Gasteiger partial charge in [-0.15, -0.1) is 0 Å². The predicted molar refractivity (Wildman–Crippen MR) is 89.6 cm³/mol. The number of thiocarbonyl (C=S) groups is 1. The Labute approximate surface area is 120 Å². The van der Waals surface area contributed by atoms with E-state index >= 15 is 0 Å². The fraction of sp³-hybridized carbons (Fsp3) is 0.125. The fourth-order valence-electron chi connectivity index (χ4n) is 1.00. The summed E-state index contributed by atoms with van der Waals surface area (Å²) in [6.45, 7) is 3.78. The van der Waals surface area contributed by atoms with Crippen molar-refractivity contribution in [3.63, 3.8) is 0 Å². The molecule has 3 heteroatoms. The van der Waals surface area contributed by atoms with Gasteiger partial charge in [-0.2, -0.15) is 0 Å². The summed E-state index contributed by atoms with van der Waals surface area (Å²) in [5.41, 5.74) is 7.15. The summed E-state index contributed by atoms with van der Waals surface area (Å²) in [4.78, 5) is 0.818. The Balaban J connectivity index is 4.44. The summed E-state index contributed by atoms with van der Waals surface area (Å²) in [6.07, 6.45) is 19.7. The Kier molecular flexibility index (Phi) is 9.94. The van der Waals surface area contributed by atoms with Crippen molar-refractivity contribution in [2.24, 2.45) is 5.73 Å². The van der Waals surface area contributed by atoms with Gasteiger partial charge < -0.3 is 11.1 Å². The maximum absolute atomic E-state index is 7.27. The zero-order chi connectivity index (χ0) is 14.5. The first-order valence-electron chi connectivity index (χ1n) is 5.89. The summed E-state index contributed by atoms with van der Waals surface area (Å²) >= 11 is 4.93. The molecule has 0 aliphatic rings. The summed E-state index contributed by atoms with van der Waals surface area (Å²) in [6, 6.07) is 0. The zero-order valence-electron chi connectivity index (χ0n) is 11.3. The van der Waals surface area contributed by atoms with Crippen LogP contribution in [0.3, 0.4) is 0 Å². The second kappa shape index (κ2) is 11.1. The van der Waals surface area contributed by atoms with Crippen molar-refractivity contribution in [1.82, 2.24) is 0 Å². The van der Waals surface area contributed by atoms with Crippen molar-refractivity contribution in [2.45, 2.75) is 13.8 Å². The van der Waals surface area contributed by atoms with Crippen LogP contribution in [0.5, 0.6) is 0 Å². The first-order chi connectivity index (χ1) is 9.10. The van der Waals surface area contributed by atoms with Crippen molar-refractivity contribution in [1.29, 1.82) is 5.41 Å². The van der Waals surface area contributed by atoms with Gasteiger partial charge in [0.2, 0.25) is 0 Å². The molecule has 0 atom stereocenters. The molecule has 3 N–H and O–H groups in total. The lowest BCUT2D eigenvalue weighted by molar-refractivity contribution is 1.43. The first-order valence-corrected chi connectivity index (χ1v) is 6.30. The van der Waals surface area contributed by atoms with Gasteiger partial charge in [-0.3, -0.25) is 0 Å². The highest BCUT2D eigenvalue weighted by atomic mass is 32.1. The van der Waals surface area contributed by atoms with Crippen molar-refractivity contribution in [3.8, 4) is 0 Å². The number of hydrogen-bond acceptors (Lipinski definition) is 3. The zero-order valence-corrected chi connectivity index (χ0v) is 12.2. The number of rotatable bonds is 7. The lowest BCUT2D eigenvalue weighted by Gasteiger charge is -1.88. The number of allylic oxidation sites excluding steroid dienone is 11. The fourth-order valence-corrected chi connectivity index (χ4v) is 1.08. The molecule has 0 aliphatic carbocycles. The molecule has 0 aromatic carbocycles. The molecule has 0 aliphatic heterocycles. The van der Waals surface area contributed by atoms with Crippen LogP contribution in [-0.4, -0.2) is 11.1 Å². The molecule has 0 spiro atoms. The lowest BCUT2D eigenvalue weighted by Crippen LogP contribution is -1.79. The standard InChI is InChI=1S/C16H20N2S/c1-14(12-17)8-5-3-4-6-10-16(13-18)11-7-9-15(2)19/h3-13,18H,17H2,1-2H3. The van der Waals surface area contributed by atoms with E-state index in [0.29, 0.717) is 0 Å². The van der Waals surface area contributed by atoms with Gasteiger partial charge in [0.25, 0.3) is 0 Å². The lowest BCUT2D eigenvalue weighted by atomic mass is 10.2. The van der Waals surface area contributed by atoms with Crippen LogP contribution in [0.2, 0.25) is 0 Å². The van der Waals surface area contributed by atoms with Gasteiger partial charge in [0.1, 0.15) is 0 Å². The van der Waals surface area contributed by atoms with E-state index in [4.69, 9.17) is 23.4 Å². The van der Waals surface area contributed by atoms with Crippen LogP contribution in [-0.2, 0) is 0 Å². The Hall–Kier alpha value is -2.00. The van der Waals surface area contributed by atoms with Crippen molar-refractivity contribution in [2.75, 3.05) is 0 Å². The minimum absolute atomic E-state index is 0.805. The Bertz CT molecular complexity index is 475. The van der Waals surface area contributed by atoms with Gasteiger partial charge in [-0.05, 0) is 37.3 Å². The molecule has 0 amide bonds. The molecule has 2 nitrogen and oxygen atoms in total. The minimum Gasteiger partial charge on any atom is -0.404 e. The maximum atomic E-state index is 7.27. The quantitative estimate of drug-likeness (QED) is 0.318. The Morgan fingerprint density at radius 2 is 1.58 bits per heavy atom. The van der Waals surface area contributed by atoms with E-state index in [1.807, 2.05) is 68.5 Å². The van der Waals surface area contributed by atoms with Crippen LogP contribution in [0.4, 0.5) is 0 Å². The molecular weight excluding hydrogens is 252 g/mol. The van der Waals surface area contributed by atoms with E-state index in [0.717, 1.165) is 16.0 Å². The second-order valence-electron chi connectivity index (χ2n) is 3.79. The van der Waals surface area contributed by atoms with Gasteiger partial charge in [0, 0.05) is 11.1 Å². The normalized spacial score (nSPS) is 14.2. The second-order valence-corrected chi connectivity index (χ2v) is 4.44. The molecule has 0 heterocycles. The third-order valence-corrected chi connectivity index (χ3v) is 2.17. The molecule has 0 unspecified atom stereocenters. The third kappa shape index (κ3) is 10.9. The van der Waals surface area contributed by atoms with E-state index in [1.54, 1.807) is 6.20 Å². The smallest absolute Gasteiger partial charge is 0.0250 e. The molecule has 0 radical (unpaired) electrons. The molecule has 0 fully saturated rings. The topological polar surface area (TPSA) is 49.9 Å². The van der Waals surface area contributed by atoms with E-state index < -0.39 is 0 Å².